The molecule has 0 saturated carbocycles. The van der Waals surface area contributed by atoms with Crippen molar-refractivity contribution in [1.29, 1.82) is 0 Å². The Morgan fingerprint density at radius 2 is 1.80 bits per heavy atom. The van der Waals surface area contributed by atoms with Crippen LogP contribution < -0.4 is 5.32 Å². The van der Waals surface area contributed by atoms with Crippen molar-refractivity contribution in [2.24, 2.45) is 9.98 Å². The molecule has 6 heteroatoms. The predicted octanol–water partition coefficient (Wildman–Crippen LogP) is 6.74. The van der Waals surface area contributed by atoms with Crippen molar-refractivity contribution in [3.8, 4) is 12.8 Å². The van der Waals surface area contributed by atoms with Crippen molar-refractivity contribution >= 4 is 24.0 Å². The van der Waals surface area contributed by atoms with E-state index in [1.807, 2.05) is 39.0 Å². The molecule has 0 aromatic heterocycles. The van der Waals surface area contributed by atoms with Crippen LogP contribution in [0, 0.1) is 25.6 Å². The highest BCUT2D eigenvalue weighted by Gasteiger charge is 2.08. The van der Waals surface area contributed by atoms with Gasteiger partial charge in [0, 0.05) is 35.3 Å². The van der Waals surface area contributed by atoms with E-state index in [1.165, 1.54) is 12.3 Å². The molecule has 0 aliphatic heterocycles. The Morgan fingerprint density at radius 1 is 1.17 bits per heavy atom. The van der Waals surface area contributed by atoms with E-state index in [1.54, 1.807) is 32.0 Å². The Hall–Kier alpha value is -3.56. The number of aliphatic hydroxyl groups excluding tert-OH is 1. The molecule has 2 aromatic carbocycles. The van der Waals surface area contributed by atoms with Crippen molar-refractivity contribution < 1.29 is 14.3 Å². The molecule has 0 fully saturated rings. The first kappa shape index (κ1) is 33.6. The van der Waals surface area contributed by atoms with Gasteiger partial charge < -0.3 is 10.4 Å². The molecule has 0 aliphatic carbocycles. The summed E-state index contributed by atoms with van der Waals surface area (Å²) in [6.07, 6.45) is 11.5. The van der Waals surface area contributed by atoms with E-state index in [-0.39, 0.29) is 11.7 Å². The van der Waals surface area contributed by atoms with Crippen molar-refractivity contribution in [3.05, 3.63) is 76.7 Å². The smallest absolute Gasteiger partial charge is 0.252 e. The molecule has 35 heavy (non-hydrogen) atoms. The fraction of sp³-hybridized carbons (Fsp3) is 0.345. The summed E-state index contributed by atoms with van der Waals surface area (Å²) in [5.41, 5.74) is 3.98. The largest absolute Gasteiger partial charge is 0.396 e. The van der Waals surface area contributed by atoms with E-state index in [4.69, 9.17) is 5.11 Å². The number of aliphatic hydroxyl groups is 1. The second kappa shape index (κ2) is 21.0. The highest BCUT2D eigenvalue weighted by atomic mass is 19.1. The normalized spacial score (nSPS) is 10.3. The Balaban J connectivity index is 0. The zero-order valence-corrected chi connectivity index (χ0v) is 21.9. The number of aryl methyl sites for hydroxylation is 1. The third kappa shape index (κ3) is 13.7. The van der Waals surface area contributed by atoms with Gasteiger partial charge in [0.25, 0.3) is 5.91 Å². The zero-order chi connectivity index (χ0) is 27.2. The van der Waals surface area contributed by atoms with Gasteiger partial charge in [-0.25, -0.2) is 4.39 Å². The van der Waals surface area contributed by atoms with Crippen LogP contribution in [0.1, 0.15) is 64.2 Å². The maximum atomic E-state index is 13.8. The molecule has 0 atom stereocenters. The Kier molecular flexibility index (Phi) is 20.2. The molecule has 0 radical (unpaired) electrons. The number of aliphatic imine (C=N–C) groups is 2. The van der Waals surface area contributed by atoms with Gasteiger partial charge in [0.15, 0.2) is 0 Å². The highest BCUT2D eigenvalue weighted by Crippen LogP contribution is 2.18. The molecule has 0 heterocycles. The van der Waals surface area contributed by atoms with Gasteiger partial charge in [0.05, 0.1) is 6.54 Å². The van der Waals surface area contributed by atoms with Gasteiger partial charge >= 0.3 is 0 Å². The SMILES string of the molecule is C#C.C=NCc1ccc(C)c(NC(=O)/C(C)=C/N=C(C)c2ccccc2F)c1.CC.CCCCO. The predicted molar refractivity (Wildman–Crippen MR) is 149 cm³/mol. The number of nitrogens with one attached hydrogen (secondary N) is 1. The Bertz CT molecular complexity index is 977. The summed E-state index contributed by atoms with van der Waals surface area (Å²) in [5, 5.41) is 10.9. The number of carbonyl (C=O) groups excluding carboxylic acids is 1. The number of unbranched alkanes of at least 4 members (excludes halogenated alkanes) is 1. The van der Waals surface area contributed by atoms with Crippen LogP contribution >= 0.6 is 0 Å². The van der Waals surface area contributed by atoms with Crippen LogP contribution in [0.15, 0.2) is 64.2 Å². The van der Waals surface area contributed by atoms with Crippen LogP contribution in [0.4, 0.5) is 10.1 Å². The summed E-state index contributed by atoms with van der Waals surface area (Å²) in [7, 11) is 0. The van der Waals surface area contributed by atoms with E-state index < -0.39 is 0 Å². The minimum atomic E-state index is -0.340. The lowest BCUT2D eigenvalue weighted by Crippen LogP contribution is -2.13. The molecule has 0 saturated heterocycles. The molecular formula is C29H40FN3O2. The average Bonchev–Trinajstić information content (AvgIpc) is 2.88. The van der Waals surface area contributed by atoms with Crippen molar-refractivity contribution in [3.63, 3.8) is 0 Å². The van der Waals surface area contributed by atoms with Gasteiger partial charge in [-0.15, -0.1) is 12.8 Å². The molecule has 0 bridgehead atoms. The van der Waals surface area contributed by atoms with Crippen molar-refractivity contribution in [1.82, 2.24) is 0 Å². The maximum Gasteiger partial charge on any atom is 0.252 e. The molecule has 2 rings (SSSR count). The third-order valence-electron chi connectivity index (χ3n) is 4.43. The minimum Gasteiger partial charge on any atom is -0.396 e. The lowest BCUT2D eigenvalue weighted by molar-refractivity contribution is -0.112. The number of benzene rings is 2. The van der Waals surface area contributed by atoms with Crippen LogP contribution in [-0.4, -0.2) is 30.0 Å². The number of halogens is 1. The summed E-state index contributed by atoms with van der Waals surface area (Å²) < 4.78 is 13.8. The van der Waals surface area contributed by atoms with Gasteiger partial charge in [0.2, 0.25) is 0 Å². The summed E-state index contributed by atoms with van der Waals surface area (Å²) in [6.45, 7) is 15.7. The van der Waals surface area contributed by atoms with E-state index in [0.717, 1.165) is 29.7 Å². The van der Waals surface area contributed by atoms with Crippen LogP contribution in [0.3, 0.4) is 0 Å². The van der Waals surface area contributed by atoms with E-state index >= 15 is 0 Å². The molecule has 1 amide bonds. The first-order valence-corrected chi connectivity index (χ1v) is 11.6. The summed E-state index contributed by atoms with van der Waals surface area (Å²) in [5.74, 6) is -0.602. The maximum absolute atomic E-state index is 13.8. The first-order chi connectivity index (χ1) is 16.8. The molecule has 0 spiro atoms. The molecule has 0 unspecified atom stereocenters. The molecule has 2 aromatic rings. The standard InChI is InChI=1S/C21H22FN3O.C4H10O.C2H6.C2H2/c1-14-9-10-17(13-23-4)11-20(14)25-21(26)15(2)12-24-16(3)18-7-5-6-8-19(18)22;1-2-3-4-5;2*1-2/h5-12H,4,13H2,1-3H3,(H,25,26);5H,2-4H2,1H3;1-2H3;1-2H/b15-12+,24-16?;;;. The number of hydrogen-bond donors (Lipinski definition) is 2. The highest BCUT2D eigenvalue weighted by molar-refractivity contribution is 6.04. The van der Waals surface area contributed by atoms with Gasteiger partial charge in [-0.05, 0) is 57.2 Å². The lowest BCUT2D eigenvalue weighted by Gasteiger charge is -2.10. The summed E-state index contributed by atoms with van der Waals surface area (Å²) >= 11 is 0. The number of nitrogens with zero attached hydrogens (tertiary/aromatic N) is 2. The van der Waals surface area contributed by atoms with E-state index in [2.05, 4.69) is 41.8 Å². The minimum absolute atomic E-state index is 0.262. The fourth-order valence-corrected chi connectivity index (χ4v) is 2.49. The summed E-state index contributed by atoms with van der Waals surface area (Å²) in [6, 6.07) is 12.2. The third-order valence-corrected chi connectivity index (χ3v) is 4.43. The zero-order valence-electron chi connectivity index (χ0n) is 21.9. The quantitative estimate of drug-likeness (QED) is 0.249. The monoisotopic (exact) mass is 481 g/mol. The average molecular weight is 482 g/mol. The lowest BCUT2D eigenvalue weighted by atomic mass is 10.1. The number of rotatable bonds is 8. The van der Waals surface area contributed by atoms with Gasteiger partial charge in [-0.3, -0.25) is 14.8 Å². The van der Waals surface area contributed by atoms with Crippen LogP contribution in [-0.2, 0) is 11.3 Å². The molecule has 190 valence electrons. The molecule has 2 N–H and O–H groups in total. The van der Waals surface area contributed by atoms with Gasteiger partial charge in [-0.2, -0.15) is 0 Å². The van der Waals surface area contributed by atoms with Gasteiger partial charge in [0.1, 0.15) is 5.82 Å². The first-order valence-electron chi connectivity index (χ1n) is 11.6. The van der Waals surface area contributed by atoms with Crippen LogP contribution in [0.2, 0.25) is 0 Å². The second-order valence-electron chi connectivity index (χ2n) is 7.07. The molecular weight excluding hydrogens is 441 g/mol. The van der Waals surface area contributed by atoms with Crippen molar-refractivity contribution in [2.45, 2.75) is 60.9 Å². The topological polar surface area (TPSA) is 74.0 Å². The molecule has 5 nitrogen and oxygen atoms in total. The Morgan fingerprint density at radius 3 is 2.31 bits per heavy atom. The number of hydrogen-bond acceptors (Lipinski definition) is 4. The van der Waals surface area contributed by atoms with Crippen LogP contribution in [0.5, 0.6) is 0 Å². The number of anilines is 1. The number of amides is 1. The number of carbonyl (C=O) groups is 1. The van der Waals surface area contributed by atoms with Crippen LogP contribution in [0.25, 0.3) is 0 Å². The second-order valence-corrected chi connectivity index (χ2v) is 7.07. The Labute approximate surface area is 210 Å². The van der Waals surface area contributed by atoms with Gasteiger partial charge in [-0.1, -0.05) is 57.5 Å². The molecule has 0 aliphatic rings. The fourth-order valence-electron chi connectivity index (χ4n) is 2.49. The summed E-state index contributed by atoms with van der Waals surface area (Å²) in [4.78, 5) is 20.5. The van der Waals surface area contributed by atoms with Crippen molar-refractivity contribution in [2.75, 3.05) is 11.9 Å². The van der Waals surface area contributed by atoms with E-state index in [0.29, 0.717) is 30.0 Å². The number of terminal acetylenes is 1. The van der Waals surface area contributed by atoms with E-state index in [9.17, 15) is 9.18 Å².